The standard InChI is InChI=1S/C23H28N2O7S/c1-16-4-9-21(31-3)20(14-16)24-22(26)15-32-23(27)17-10-12-25(13-11-17)33(28,29)19-7-5-18(30-2)6-8-19/h4-9,14,17H,10-13,15H2,1-3H3,(H,24,26). The van der Waals surface area contributed by atoms with E-state index < -0.39 is 34.4 Å². The van der Waals surface area contributed by atoms with Gasteiger partial charge in [0, 0.05) is 13.1 Å². The lowest BCUT2D eigenvalue weighted by Gasteiger charge is -2.30. The van der Waals surface area contributed by atoms with Crippen molar-refractivity contribution in [2.24, 2.45) is 5.92 Å². The van der Waals surface area contributed by atoms with Crippen molar-refractivity contribution in [3.05, 3.63) is 48.0 Å². The average molecular weight is 477 g/mol. The molecule has 0 bridgehead atoms. The molecule has 1 heterocycles. The minimum atomic E-state index is -3.66. The zero-order valence-electron chi connectivity index (χ0n) is 18.9. The summed E-state index contributed by atoms with van der Waals surface area (Å²) in [6.45, 7) is 1.85. The predicted octanol–water partition coefficient (Wildman–Crippen LogP) is 2.59. The summed E-state index contributed by atoms with van der Waals surface area (Å²) < 4.78 is 42.5. The number of hydrogen-bond acceptors (Lipinski definition) is 7. The number of nitrogens with zero attached hydrogens (tertiary/aromatic N) is 1. The second-order valence-corrected chi connectivity index (χ2v) is 9.65. The van der Waals surface area contributed by atoms with Gasteiger partial charge in [0.15, 0.2) is 6.61 Å². The molecule has 178 valence electrons. The fourth-order valence-electron chi connectivity index (χ4n) is 3.59. The van der Waals surface area contributed by atoms with E-state index in [0.717, 1.165) is 5.56 Å². The van der Waals surface area contributed by atoms with Crippen molar-refractivity contribution in [2.45, 2.75) is 24.7 Å². The van der Waals surface area contributed by atoms with E-state index in [9.17, 15) is 18.0 Å². The van der Waals surface area contributed by atoms with E-state index in [1.807, 2.05) is 13.0 Å². The highest BCUT2D eigenvalue weighted by Gasteiger charge is 2.33. The van der Waals surface area contributed by atoms with Gasteiger partial charge < -0.3 is 19.5 Å². The third-order valence-corrected chi connectivity index (χ3v) is 7.37. The number of anilines is 1. The number of rotatable bonds is 8. The smallest absolute Gasteiger partial charge is 0.309 e. The number of benzene rings is 2. The van der Waals surface area contributed by atoms with Crippen molar-refractivity contribution in [1.82, 2.24) is 4.31 Å². The summed E-state index contributed by atoms with van der Waals surface area (Å²) in [4.78, 5) is 24.8. The quantitative estimate of drug-likeness (QED) is 0.583. The molecular formula is C23H28N2O7S. The summed E-state index contributed by atoms with van der Waals surface area (Å²) >= 11 is 0. The zero-order chi connectivity index (χ0) is 24.0. The molecule has 0 aromatic heterocycles. The Kier molecular flexibility index (Phi) is 7.93. The van der Waals surface area contributed by atoms with E-state index in [0.29, 0.717) is 30.0 Å². The molecule has 1 aliphatic rings. The van der Waals surface area contributed by atoms with Crippen LogP contribution in [0.15, 0.2) is 47.4 Å². The Balaban J connectivity index is 1.50. The number of carbonyl (C=O) groups is 2. The predicted molar refractivity (Wildman–Crippen MR) is 122 cm³/mol. The Bertz CT molecular complexity index is 1090. The number of methoxy groups -OCH3 is 2. The van der Waals surface area contributed by atoms with E-state index in [1.165, 1.54) is 30.7 Å². The lowest BCUT2D eigenvalue weighted by Crippen LogP contribution is -2.40. The molecular weight excluding hydrogens is 448 g/mol. The second kappa shape index (κ2) is 10.7. The van der Waals surface area contributed by atoms with Gasteiger partial charge in [-0.3, -0.25) is 9.59 Å². The maximum absolute atomic E-state index is 12.8. The van der Waals surface area contributed by atoms with Crippen molar-refractivity contribution >= 4 is 27.6 Å². The number of aryl methyl sites for hydroxylation is 1. The molecule has 0 spiro atoms. The van der Waals surface area contributed by atoms with Crippen LogP contribution in [0.25, 0.3) is 0 Å². The van der Waals surface area contributed by atoms with Gasteiger partial charge in [-0.1, -0.05) is 6.07 Å². The van der Waals surface area contributed by atoms with Crippen molar-refractivity contribution in [3.8, 4) is 11.5 Å². The maximum Gasteiger partial charge on any atom is 0.309 e. The number of amides is 1. The number of ether oxygens (including phenoxy) is 3. The molecule has 0 saturated carbocycles. The first-order valence-electron chi connectivity index (χ1n) is 10.5. The monoisotopic (exact) mass is 476 g/mol. The SMILES string of the molecule is COc1ccc(S(=O)(=O)N2CCC(C(=O)OCC(=O)Nc3cc(C)ccc3OC)CC2)cc1. The van der Waals surface area contributed by atoms with Gasteiger partial charge in [0.2, 0.25) is 10.0 Å². The molecule has 1 N–H and O–H groups in total. The number of piperidine rings is 1. The molecule has 0 unspecified atom stereocenters. The van der Waals surface area contributed by atoms with E-state index >= 15 is 0 Å². The van der Waals surface area contributed by atoms with Crippen LogP contribution < -0.4 is 14.8 Å². The molecule has 9 nitrogen and oxygen atoms in total. The third-order valence-electron chi connectivity index (χ3n) is 5.46. The number of hydrogen-bond donors (Lipinski definition) is 1. The first-order chi connectivity index (χ1) is 15.7. The molecule has 0 aliphatic carbocycles. The van der Waals surface area contributed by atoms with Gasteiger partial charge in [0.25, 0.3) is 5.91 Å². The number of sulfonamides is 1. The van der Waals surface area contributed by atoms with Crippen LogP contribution in [0.5, 0.6) is 11.5 Å². The zero-order valence-corrected chi connectivity index (χ0v) is 19.7. The van der Waals surface area contributed by atoms with E-state index in [4.69, 9.17) is 14.2 Å². The Morgan fingerprint density at radius 1 is 1.03 bits per heavy atom. The molecule has 10 heteroatoms. The van der Waals surface area contributed by atoms with Gasteiger partial charge in [0.05, 0.1) is 30.7 Å². The van der Waals surface area contributed by atoms with Crippen LogP contribution >= 0.6 is 0 Å². The van der Waals surface area contributed by atoms with E-state index in [1.54, 1.807) is 24.3 Å². The van der Waals surface area contributed by atoms with Gasteiger partial charge in [-0.2, -0.15) is 4.31 Å². The van der Waals surface area contributed by atoms with Crippen LogP contribution in [-0.2, 0) is 24.3 Å². The van der Waals surface area contributed by atoms with Gasteiger partial charge in [0.1, 0.15) is 11.5 Å². The molecule has 33 heavy (non-hydrogen) atoms. The summed E-state index contributed by atoms with van der Waals surface area (Å²) in [5.74, 6) is -0.380. The lowest BCUT2D eigenvalue weighted by molar-refractivity contribution is -0.152. The largest absolute Gasteiger partial charge is 0.497 e. The van der Waals surface area contributed by atoms with E-state index in [2.05, 4.69) is 5.32 Å². The molecule has 0 atom stereocenters. The molecule has 1 fully saturated rings. The third kappa shape index (κ3) is 6.02. The Morgan fingerprint density at radius 3 is 2.30 bits per heavy atom. The first-order valence-corrected chi connectivity index (χ1v) is 11.9. The number of nitrogens with one attached hydrogen (secondary N) is 1. The highest BCUT2D eigenvalue weighted by Crippen LogP contribution is 2.27. The highest BCUT2D eigenvalue weighted by atomic mass is 32.2. The van der Waals surface area contributed by atoms with Crippen molar-refractivity contribution in [1.29, 1.82) is 0 Å². The number of esters is 1. The van der Waals surface area contributed by atoms with Crippen molar-refractivity contribution in [2.75, 3.05) is 39.2 Å². The van der Waals surface area contributed by atoms with Gasteiger partial charge in [-0.25, -0.2) is 8.42 Å². The normalized spacial score (nSPS) is 15.0. The fraction of sp³-hybridized carbons (Fsp3) is 0.391. The van der Waals surface area contributed by atoms with Gasteiger partial charge >= 0.3 is 5.97 Å². The fourth-order valence-corrected chi connectivity index (χ4v) is 5.06. The summed E-state index contributed by atoms with van der Waals surface area (Å²) in [7, 11) is -0.645. The second-order valence-electron chi connectivity index (χ2n) is 7.71. The Hall–Kier alpha value is -3.11. The van der Waals surface area contributed by atoms with Crippen molar-refractivity contribution in [3.63, 3.8) is 0 Å². The minimum Gasteiger partial charge on any atom is -0.497 e. The molecule has 1 saturated heterocycles. The summed E-state index contributed by atoms with van der Waals surface area (Å²) in [6.07, 6.45) is 0.642. The molecule has 1 aliphatic heterocycles. The molecule has 3 rings (SSSR count). The highest BCUT2D eigenvalue weighted by molar-refractivity contribution is 7.89. The number of carbonyl (C=O) groups excluding carboxylic acids is 2. The van der Waals surface area contributed by atoms with Crippen LogP contribution in [0.4, 0.5) is 5.69 Å². The average Bonchev–Trinajstić information content (AvgIpc) is 2.82. The Morgan fingerprint density at radius 2 is 1.70 bits per heavy atom. The first kappa shape index (κ1) is 24.5. The van der Waals surface area contributed by atoms with Crippen LogP contribution in [0.1, 0.15) is 18.4 Å². The van der Waals surface area contributed by atoms with Crippen LogP contribution in [0, 0.1) is 12.8 Å². The molecule has 0 radical (unpaired) electrons. The van der Waals surface area contributed by atoms with Gasteiger partial charge in [-0.05, 0) is 61.7 Å². The van der Waals surface area contributed by atoms with Gasteiger partial charge in [-0.15, -0.1) is 0 Å². The summed E-state index contributed by atoms with van der Waals surface area (Å²) in [6, 6.07) is 11.5. The summed E-state index contributed by atoms with van der Waals surface area (Å²) in [5, 5.41) is 2.68. The molecule has 1 amide bonds. The van der Waals surface area contributed by atoms with Crippen LogP contribution in [0.3, 0.4) is 0 Å². The van der Waals surface area contributed by atoms with Crippen LogP contribution in [0.2, 0.25) is 0 Å². The molecule has 2 aromatic rings. The van der Waals surface area contributed by atoms with Crippen LogP contribution in [-0.4, -0.2) is 58.5 Å². The lowest BCUT2D eigenvalue weighted by atomic mass is 9.98. The topological polar surface area (TPSA) is 111 Å². The minimum absolute atomic E-state index is 0.174. The maximum atomic E-state index is 12.8. The van der Waals surface area contributed by atoms with E-state index in [-0.39, 0.29) is 18.0 Å². The van der Waals surface area contributed by atoms with Crippen molar-refractivity contribution < 1.29 is 32.2 Å². The Labute approximate surface area is 193 Å². The summed E-state index contributed by atoms with van der Waals surface area (Å²) in [5.41, 5.74) is 1.44. The molecule has 2 aromatic carbocycles.